The van der Waals surface area contributed by atoms with E-state index in [9.17, 15) is 4.79 Å². The van der Waals surface area contributed by atoms with Crippen LogP contribution in [0, 0.1) is 0 Å². The summed E-state index contributed by atoms with van der Waals surface area (Å²) in [4.78, 5) is 10.8. The Hall–Kier alpha value is -0.420. The van der Waals surface area contributed by atoms with Crippen LogP contribution in [0.25, 0.3) is 0 Å². The molecule has 1 aliphatic rings. The lowest BCUT2D eigenvalue weighted by molar-refractivity contribution is 0.171. The number of hydrogen-bond donors (Lipinski definition) is 1. The molecule has 0 saturated carbocycles. The summed E-state index contributed by atoms with van der Waals surface area (Å²) >= 11 is 1.31. The normalized spacial score (nSPS) is 17.7. The molecule has 0 radical (unpaired) electrons. The standard InChI is InChI=1S/C6H12N2O2S/c1-5(2)7-11-8-3-4-10-6(8)9/h5,7H,3-4H2,1-2H3. The van der Waals surface area contributed by atoms with Gasteiger partial charge in [-0.25, -0.2) is 13.8 Å². The second-order valence-corrected chi connectivity index (χ2v) is 3.44. The summed E-state index contributed by atoms with van der Waals surface area (Å²) in [6.07, 6.45) is -0.247. The van der Waals surface area contributed by atoms with Gasteiger partial charge in [-0.2, -0.15) is 0 Å². The van der Waals surface area contributed by atoms with Crippen LogP contribution >= 0.6 is 12.1 Å². The minimum absolute atomic E-state index is 0.247. The third kappa shape index (κ3) is 2.59. The fourth-order valence-electron chi connectivity index (χ4n) is 0.631. The van der Waals surface area contributed by atoms with Gasteiger partial charge in [-0.15, -0.1) is 0 Å². The summed E-state index contributed by atoms with van der Waals surface area (Å²) in [5.74, 6) is 0. The summed E-state index contributed by atoms with van der Waals surface area (Å²) < 4.78 is 9.35. The SMILES string of the molecule is CC(C)NSN1CCOC1=O. The van der Waals surface area contributed by atoms with E-state index in [0.717, 1.165) is 0 Å². The maximum atomic E-state index is 10.8. The second kappa shape index (κ2) is 3.82. The molecule has 0 aromatic carbocycles. The first-order valence-electron chi connectivity index (χ1n) is 3.57. The highest BCUT2D eigenvalue weighted by molar-refractivity contribution is 7.95. The van der Waals surface area contributed by atoms with Crippen LogP contribution in [0.1, 0.15) is 13.8 Å². The molecule has 1 aliphatic heterocycles. The quantitative estimate of drug-likeness (QED) is 0.651. The number of carbonyl (C=O) groups is 1. The molecule has 0 atom stereocenters. The zero-order chi connectivity index (χ0) is 8.27. The monoisotopic (exact) mass is 176 g/mol. The van der Waals surface area contributed by atoms with Gasteiger partial charge >= 0.3 is 6.09 Å². The maximum Gasteiger partial charge on any atom is 0.421 e. The number of nitrogens with zero attached hydrogens (tertiary/aromatic N) is 1. The zero-order valence-electron chi connectivity index (χ0n) is 6.66. The summed E-state index contributed by atoms with van der Waals surface area (Å²) in [6, 6.07) is 0.369. The van der Waals surface area contributed by atoms with Crippen LogP contribution in [0.2, 0.25) is 0 Å². The Labute approximate surface area is 70.5 Å². The molecule has 0 aliphatic carbocycles. The molecule has 11 heavy (non-hydrogen) atoms. The summed E-state index contributed by atoms with van der Waals surface area (Å²) in [5.41, 5.74) is 0. The molecule has 1 heterocycles. The predicted octanol–water partition coefficient (Wildman–Crippen LogP) is 1.000. The van der Waals surface area contributed by atoms with E-state index in [1.807, 2.05) is 13.8 Å². The predicted molar refractivity (Wildman–Crippen MR) is 43.9 cm³/mol. The van der Waals surface area contributed by atoms with Crippen molar-refractivity contribution in [3.8, 4) is 0 Å². The molecule has 1 rings (SSSR count). The average Bonchev–Trinajstić information content (AvgIpc) is 2.31. The first-order valence-corrected chi connectivity index (χ1v) is 4.34. The third-order valence-corrected chi connectivity index (χ3v) is 2.25. The van der Waals surface area contributed by atoms with E-state index in [1.54, 1.807) is 4.31 Å². The van der Waals surface area contributed by atoms with Crippen LogP contribution in [-0.2, 0) is 4.74 Å². The molecule has 5 heteroatoms. The van der Waals surface area contributed by atoms with Gasteiger partial charge in [-0.1, -0.05) is 0 Å². The second-order valence-electron chi connectivity index (χ2n) is 2.58. The Kier molecular flexibility index (Phi) is 3.02. The Bertz CT molecular complexity index is 152. The fourth-order valence-corrected chi connectivity index (χ4v) is 1.26. The third-order valence-electron chi connectivity index (χ3n) is 1.12. The molecule has 0 bridgehead atoms. The zero-order valence-corrected chi connectivity index (χ0v) is 7.48. The summed E-state index contributed by atoms with van der Waals surface area (Å²) in [5, 5.41) is 0. The van der Waals surface area contributed by atoms with E-state index in [1.165, 1.54) is 12.1 Å². The minimum atomic E-state index is -0.247. The highest BCUT2D eigenvalue weighted by atomic mass is 32.2. The first-order chi connectivity index (χ1) is 5.20. The van der Waals surface area contributed by atoms with Gasteiger partial charge in [0.25, 0.3) is 0 Å². The van der Waals surface area contributed by atoms with Crippen molar-refractivity contribution >= 4 is 18.2 Å². The Morgan fingerprint density at radius 1 is 1.73 bits per heavy atom. The van der Waals surface area contributed by atoms with Gasteiger partial charge in [-0.3, -0.25) is 0 Å². The summed E-state index contributed by atoms with van der Waals surface area (Å²) in [6.45, 7) is 5.22. The van der Waals surface area contributed by atoms with Crippen molar-refractivity contribution in [2.45, 2.75) is 19.9 Å². The maximum absolute atomic E-state index is 10.8. The van der Waals surface area contributed by atoms with E-state index >= 15 is 0 Å². The van der Waals surface area contributed by atoms with Crippen LogP contribution in [0.15, 0.2) is 0 Å². The van der Waals surface area contributed by atoms with E-state index in [2.05, 4.69) is 4.72 Å². The molecule has 1 saturated heterocycles. The van der Waals surface area contributed by atoms with Crippen molar-refractivity contribution in [3.63, 3.8) is 0 Å². The molecule has 1 amide bonds. The molecule has 0 spiro atoms. The van der Waals surface area contributed by atoms with Crippen LogP contribution in [0.4, 0.5) is 4.79 Å². The molecule has 1 fully saturated rings. The Balaban J connectivity index is 2.20. The number of carbonyl (C=O) groups excluding carboxylic acids is 1. The van der Waals surface area contributed by atoms with Crippen LogP contribution < -0.4 is 4.72 Å². The van der Waals surface area contributed by atoms with Gasteiger partial charge < -0.3 is 4.74 Å². The topological polar surface area (TPSA) is 41.6 Å². The van der Waals surface area contributed by atoms with Gasteiger partial charge in [0.15, 0.2) is 0 Å². The van der Waals surface area contributed by atoms with Crippen LogP contribution in [-0.4, -0.2) is 29.6 Å². The summed E-state index contributed by atoms with van der Waals surface area (Å²) in [7, 11) is 0. The van der Waals surface area contributed by atoms with Crippen LogP contribution in [0.5, 0.6) is 0 Å². The van der Waals surface area contributed by atoms with E-state index in [0.29, 0.717) is 19.2 Å². The number of ether oxygens (including phenoxy) is 1. The molecule has 4 nitrogen and oxygen atoms in total. The van der Waals surface area contributed by atoms with Gasteiger partial charge in [0.05, 0.1) is 6.54 Å². The van der Waals surface area contributed by atoms with Gasteiger partial charge in [0.2, 0.25) is 0 Å². The number of cyclic esters (lactones) is 1. The van der Waals surface area contributed by atoms with E-state index in [4.69, 9.17) is 4.74 Å². The highest BCUT2D eigenvalue weighted by Gasteiger charge is 2.22. The number of rotatable bonds is 3. The van der Waals surface area contributed by atoms with Crippen LogP contribution in [0.3, 0.4) is 0 Å². The van der Waals surface area contributed by atoms with Crippen molar-refractivity contribution in [3.05, 3.63) is 0 Å². The molecular formula is C6H12N2O2S. The van der Waals surface area contributed by atoms with Crippen molar-refractivity contribution in [2.75, 3.05) is 13.2 Å². The lowest BCUT2D eigenvalue weighted by Gasteiger charge is -2.12. The van der Waals surface area contributed by atoms with Crippen molar-refractivity contribution in [1.82, 2.24) is 9.03 Å². The lowest BCUT2D eigenvalue weighted by atomic mass is 10.4. The molecule has 1 N–H and O–H groups in total. The fraction of sp³-hybridized carbons (Fsp3) is 0.833. The van der Waals surface area contributed by atoms with Gasteiger partial charge in [0, 0.05) is 18.2 Å². The van der Waals surface area contributed by atoms with E-state index in [-0.39, 0.29) is 6.09 Å². The van der Waals surface area contributed by atoms with E-state index < -0.39 is 0 Å². The Morgan fingerprint density at radius 3 is 2.91 bits per heavy atom. The molecule has 0 aromatic rings. The van der Waals surface area contributed by atoms with Gasteiger partial charge in [-0.05, 0) is 13.8 Å². The average molecular weight is 176 g/mol. The smallest absolute Gasteiger partial charge is 0.421 e. The molecule has 0 unspecified atom stereocenters. The first kappa shape index (κ1) is 8.67. The molecular weight excluding hydrogens is 164 g/mol. The number of hydrogen-bond acceptors (Lipinski definition) is 4. The highest BCUT2D eigenvalue weighted by Crippen LogP contribution is 2.13. The lowest BCUT2D eigenvalue weighted by Crippen LogP contribution is -2.25. The van der Waals surface area contributed by atoms with Crippen molar-refractivity contribution in [1.29, 1.82) is 0 Å². The van der Waals surface area contributed by atoms with Crippen molar-refractivity contribution in [2.24, 2.45) is 0 Å². The largest absolute Gasteiger partial charge is 0.447 e. The van der Waals surface area contributed by atoms with Crippen molar-refractivity contribution < 1.29 is 9.53 Å². The number of amides is 1. The minimum Gasteiger partial charge on any atom is -0.447 e. The molecule has 64 valence electrons. The molecule has 0 aromatic heterocycles. The number of nitrogens with one attached hydrogen (secondary N) is 1. The van der Waals surface area contributed by atoms with Gasteiger partial charge in [0.1, 0.15) is 6.61 Å². The Morgan fingerprint density at radius 2 is 2.45 bits per heavy atom.